The predicted molar refractivity (Wildman–Crippen MR) is 210 cm³/mol. The molecule has 3 heteroatoms. The minimum Gasteiger partial charge on any atom is -0.272 e. The maximum Gasteiger partial charge on any atom is 0.0961 e. The van der Waals surface area contributed by atoms with E-state index in [1.165, 1.54) is 48.7 Å². The molecule has 1 aliphatic carbocycles. The van der Waals surface area contributed by atoms with Crippen molar-refractivity contribution in [2.75, 3.05) is 0 Å². The topological polar surface area (TPSA) is 25.2 Å². The molecule has 2 aliphatic rings. The third-order valence-electron chi connectivity index (χ3n) is 10.5. The van der Waals surface area contributed by atoms with E-state index in [1.54, 1.807) is 0 Å². The Bertz CT molecular complexity index is 2330. The van der Waals surface area contributed by atoms with Gasteiger partial charge < -0.3 is 0 Å². The van der Waals surface area contributed by atoms with Gasteiger partial charge >= 0.3 is 0 Å². The van der Waals surface area contributed by atoms with Gasteiger partial charge in [0.15, 0.2) is 0 Å². The van der Waals surface area contributed by atoms with E-state index < -0.39 is 5.41 Å². The van der Waals surface area contributed by atoms with E-state index in [0.717, 1.165) is 44.9 Å². The van der Waals surface area contributed by atoms with Crippen LogP contribution in [0.15, 0.2) is 166 Å². The standard InChI is InChI=1S/C47H40N2S/c1-29(2)45(49-46(34-16-8-7-9-17-34)32(5)31(4)36-26-24-30(3)48-33(36)6)35-25-27-38-37-18-10-11-19-39(37)47(42(38)28-35)40-20-12-14-22-43(40)50-44-23-15-13-21-41(44)47/h7-28,45H,1H2,2-6H3/b32-31+,49-46+. The van der Waals surface area contributed by atoms with Crippen LogP contribution in [0.4, 0.5) is 0 Å². The first-order chi connectivity index (χ1) is 24.3. The monoisotopic (exact) mass is 664 g/mol. The Labute approximate surface area is 300 Å². The van der Waals surface area contributed by atoms with Crippen molar-refractivity contribution in [3.05, 3.63) is 202 Å². The van der Waals surface area contributed by atoms with Gasteiger partial charge in [-0.05, 0) is 114 Å². The molecule has 244 valence electrons. The fraction of sp³-hybridized carbons (Fsp3) is 0.149. The number of fused-ring (bicyclic) bond motifs is 9. The zero-order valence-electron chi connectivity index (χ0n) is 29.3. The first-order valence-corrected chi connectivity index (χ1v) is 18.1. The Morgan fingerprint density at radius 3 is 1.92 bits per heavy atom. The molecule has 0 saturated carbocycles. The van der Waals surface area contributed by atoms with Crippen LogP contribution in [0.5, 0.6) is 0 Å². The lowest BCUT2D eigenvalue weighted by Crippen LogP contribution is -2.32. The van der Waals surface area contributed by atoms with Crippen molar-refractivity contribution in [3.63, 3.8) is 0 Å². The van der Waals surface area contributed by atoms with Gasteiger partial charge in [0.25, 0.3) is 0 Å². The van der Waals surface area contributed by atoms with Gasteiger partial charge in [-0.1, -0.05) is 139 Å². The van der Waals surface area contributed by atoms with Gasteiger partial charge in [0.2, 0.25) is 0 Å². The number of aryl methyl sites for hydroxylation is 2. The first-order valence-electron chi connectivity index (χ1n) is 17.3. The lowest BCUT2D eigenvalue weighted by atomic mass is 9.67. The smallest absolute Gasteiger partial charge is 0.0961 e. The van der Waals surface area contributed by atoms with Crippen LogP contribution in [0, 0.1) is 13.8 Å². The van der Waals surface area contributed by atoms with Crippen molar-refractivity contribution < 1.29 is 0 Å². The minimum absolute atomic E-state index is 0.250. The fourth-order valence-electron chi connectivity index (χ4n) is 8.09. The highest BCUT2D eigenvalue weighted by molar-refractivity contribution is 7.99. The molecule has 5 aromatic carbocycles. The number of benzene rings is 5. The highest BCUT2D eigenvalue weighted by atomic mass is 32.2. The number of aliphatic imine (C=N–C) groups is 1. The molecule has 2 heterocycles. The summed E-state index contributed by atoms with van der Waals surface area (Å²) in [7, 11) is 0. The molecule has 1 spiro atoms. The van der Waals surface area contributed by atoms with Crippen molar-refractivity contribution in [1.29, 1.82) is 0 Å². The third kappa shape index (κ3) is 5.03. The molecule has 1 atom stereocenters. The lowest BCUT2D eigenvalue weighted by molar-refractivity contribution is 0.718. The molecule has 0 fully saturated rings. The first kappa shape index (κ1) is 32.0. The Morgan fingerprint density at radius 1 is 0.660 bits per heavy atom. The molecule has 6 aromatic rings. The second-order valence-electron chi connectivity index (χ2n) is 13.6. The van der Waals surface area contributed by atoms with Crippen LogP contribution < -0.4 is 0 Å². The summed E-state index contributed by atoms with van der Waals surface area (Å²) in [5.41, 5.74) is 17.2. The van der Waals surface area contributed by atoms with E-state index in [2.05, 4.69) is 168 Å². The van der Waals surface area contributed by atoms with Gasteiger partial charge in [-0.25, -0.2) is 0 Å². The molecule has 0 saturated heterocycles. The van der Waals surface area contributed by atoms with Crippen molar-refractivity contribution in [1.82, 2.24) is 4.98 Å². The Hall–Kier alpha value is -5.25. The number of nitrogens with zero attached hydrogens (tertiary/aromatic N) is 2. The van der Waals surface area contributed by atoms with E-state index in [9.17, 15) is 0 Å². The third-order valence-corrected chi connectivity index (χ3v) is 11.7. The predicted octanol–water partition coefficient (Wildman–Crippen LogP) is 12.1. The number of hydrogen-bond acceptors (Lipinski definition) is 3. The van der Waals surface area contributed by atoms with Crippen LogP contribution in [-0.4, -0.2) is 10.7 Å². The van der Waals surface area contributed by atoms with Crippen LogP contribution in [0.25, 0.3) is 16.7 Å². The molecule has 0 radical (unpaired) electrons. The van der Waals surface area contributed by atoms with E-state index in [-0.39, 0.29) is 6.04 Å². The van der Waals surface area contributed by atoms with Gasteiger partial charge in [0.05, 0.1) is 17.2 Å². The second kappa shape index (κ2) is 12.6. The van der Waals surface area contributed by atoms with Crippen LogP contribution in [0.3, 0.4) is 0 Å². The molecule has 0 amide bonds. The summed E-state index contributed by atoms with van der Waals surface area (Å²) in [5, 5.41) is 0. The van der Waals surface area contributed by atoms with Crippen molar-refractivity contribution in [2.45, 2.75) is 55.9 Å². The average molecular weight is 665 g/mol. The molecule has 2 nitrogen and oxygen atoms in total. The van der Waals surface area contributed by atoms with Gasteiger partial charge in [-0.15, -0.1) is 0 Å². The van der Waals surface area contributed by atoms with Crippen molar-refractivity contribution in [3.8, 4) is 11.1 Å². The minimum atomic E-state index is -0.436. The van der Waals surface area contributed by atoms with E-state index in [4.69, 9.17) is 9.98 Å². The van der Waals surface area contributed by atoms with E-state index in [1.807, 2.05) is 18.7 Å². The fourth-order valence-corrected chi connectivity index (χ4v) is 9.28. The zero-order valence-corrected chi connectivity index (χ0v) is 30.1. The highest BCUT2D eigenvalue weighted by Gasteiger charge is 2.50. The van der Waals surface area contributed by atoms with Crippen LogP contribution in [-0.2, 0) is 5.41 Å². The molecule has 1 unspecified atom stereocenters. The molecule has 0 bridgehead atoms. The number of allylic oxidation sites excluding steroid dienone is 2. The summed E-state index contributed by atoms with van der Waals surface area (Å²) < 4.78 is 0. The SMILES string of the molecule is C=C(C)C(/N=C(\C(C)=C(/C)c1ccc(C)nc1C)c1ccccc1)c1ccc2c(c1)C1(c3ccccc3Sc3ccccc31)c1ccccc1-2. The number of pyridine rings is 1. The summed E-state index contributed by atoms with van der Waals surface area (Å²) in [6.45, 7) is 15.2. The molecule has 1 aromatic heterocycles. The normalized spacial score (nSPS) is 15.0. The number of rotatable bonds is 6. The summed E-state index contributed by atoms with van der Waals surface area (Å²) in [5.74, 6) is 0. The molecule has 0 N–H and O–H groups in total. The van der Waals surface area contributed by atoms with Gasteiger partial charge in [-0.3, -0.25) is 9.98 Å². The van der Waals surface area contributed by atoms with Crippen molar-refractivity contribution in [2.24, 2.45) is 4.99 Å². The molecular weight excluding hydrogens is 625 g/mol. The van der Waals surface area contributed by atoms with Crippen LogP contribution in [0.2, 0.25) is 0 Å². The summed E-state index contributed by atoms with van der Waals surface area (Å²) >= 11 is 1.87. The van der Waals surface area contributed by atoms with Crippen LogP contribution in [0.1, 0.15) is 77.1 Å². The number of aromatic nitrogens is 1. The number of hydrogen-bond donors (Lipinski definition) is 0. The van der Waals surface area contributed by atoms with E-state index in [0.29, 0.717) is 0 Å². The maximum absolute atomic E-state index is 5.64. The molecule has 50 heavy (non-hydrogen) atoms. The quantitative estimate of drug-likeness (QED) is 0.131. The summed E-state index contributed by atoms with van der Waals surface area (Å²) in [6, 6.07) is 48.5. The van der Waals surface area contributed by atoms with Gasteiger partial charge in [0.1, 0.15) is 0 Å². The Morgan fingerprint density at radius 2 is 1.26 bits per heavy atom. The maximum atomic E-state index is 5.64. The van der Waals surface area contributed by atoms with Crippen molar-refractivity contribution >= 4 is 23.0 Å². The zero-order chi connectivity index (χ0) is 34.6. The van der Waals surface area contributed by atoms with E-state index >= 15 is 0 Å². The Kier molecular flexibility index (Phi) is 8.04. The van der Waals surface area contributed by atoms with Gasteiger partial charge in [0, 0.05) is 21.2 Å². The highest BCUT2D eigenvalue weighted by Crippen LogP contribution is 2.62. The summed E-state index contributed by atoms with van der Waals surface area (Å²) in [4.78, 5) is 13.0. The van der Waals surface area contributed by atoms with Gasteiger partial charge in [-0.2, -0.15) is 0 Å². The average Bonchev–Trinajstić information content (AvgIpc) is 3.42. The molecule has 1 aliphatic heterocycles. The Balaban J connectivity index is 1.37. The lowest BCUT2D eigenvalue weighted by Gasteiger charge is -2.39. The molecular formula is C47H40N2S. The van der Waals surface area contributed by atoms with Crippen LogP contribution >= 0.6 is 11.8 Å². The summed E-state index contributed by atoms with van der Waals surface area (Å²) in [6.07, 6.45) is 0. The second-order valence-corrected chi connectivity index (χ2v) is 14.7. The molecule has 8 rings (SSSR count). The largest absolute Gasteiger partial charge is 0.272 e.